The molecule has 2 heterocycles. The zero-order valence-electron chi connectivity index (χ0n) is 16.4. The summed E-state index contributed by atoms with van der Waals surface area (Å²) in [4.78, 5) is 2.72. The molecular weight excluding hydrogens is 334 g/mol. The summed E-state index contributed by atoms with van der Waals surface area (Å²) >= 11 is 0. The zero-order valence-corrected chi connectivity index (χ0v) is 16.4. The summed E-state index contributed by atoms with van der Waals surface area (Å²) in [6, 6.07) is 14.2. The summed E-state index contributed by atoms with van der Waals surface area (Å²) in [5.41, 5.74) is 3.07. The maximum Gasteiger partial charge on any atom is 0.157 e. The van der Waals surface area contributed by atoms with Crippen molar-refractivity contribution in [3.05, 3.63) is 47.5 Å². The molecule has 5 rings (SSSR count). The Hall–Kier alpha value is -1.42. The molecule has 0 bridgehead atoms. The van der Waals surface area contributed by atoms with E-state index in [1.54, 1.807) is 5.56 Å². The molecule has 3 heteroatoms. The van der Waals surface area contributed by atoms with E-state index < -0.39 is 0 Å². The zero-order chi connectivity index (χ0) is 18.2. The van der Waals surface area contributed by atoms with Gasteiger partial charge in [0.2, 0.25) is 0 Å². The van der Waals surface area contributed by atoms with E-state index in [4.69, 9.17) is 9.47 Å². The maximum atomic E-state index is 6.25. The minimum atomic E-state index is 0.0358. The van der Waals surface area contributed by atoms with Crippen LogP contribution in [0, 0.1) is 5.92 Å². The van der Waals surface area contributed by atoms with Crippen molar-refractivity contribution in [1.82, 2.24) is 4.90 Å². The molecule has 0 amide bonds. The third-order valence-corrected chi connectivity index (χ3v) is 6.98. The Bertz CT molecular complexity index is 785. The van der Waals surface area contributed by atoms with Crippen molar-refractivity contribution in [2.45, 2.75) is 63.9 Å². The van der Waals surface area contributed by atoms with Gasteiger partial charge in [0.1, 0.15) is 0 Å². The highest BCUT2D eigenvalue weighted by atomic mass is 16.7. The van der Waals surface area contributed by atoms with Crippen LogP contribution >= 0.6 is 0 Å². The minimum absolute atomic E-state index is 0.0358. The van der Waals surface area contributed by atoms with Crippen LogP contribution < -0.4 is 0 Å². The number of likely N-dealkylation sites (tertiary alicyclic amines) is 1. The van der Waals surface area contributed by atoms with Crippen LogP contribution in [0.3, 0.4) is 0 Å². The van der Waals surface area contributed by atoms with Crippen molar-refractivity contribution in [3.63, 3.8) is 0 Å². The second-order valence-corrected chi connectivity index (χ2v) is 8.59. The van der Waals surface area contributed by atoms with Crippen LogP contribution in [0.4, 0.5) is 0 Å². The van der Waals surface area contributed by atoms with Gasteiger partial charge in [0.15, 0.2) is 6.29 Å². The van der Waals surface area contributed by atoms with Crippen molar-refractivity contribution in [1.29, 1.82) is 0 Å². The fourth-order valence-corrected chi connectivity index (χ4v) is 5.41. The maximum absolute atomic E-state index is 6.25. The molecule has 2 saturated heterocycles. The molecule has 3 atom stereocenters. The Labute approximate surface area is 162 Å². The van der Waals surface area contributed by atoms with Crippen molar-refractivity contribution >= 4 is 10.8 Å². The standard InChI is InChI=1S/C24H31NO2/c1-17(27-23-10-2-3-15-26-23)18-11-13-25(14-12-18)22-16-20-8-4-6-19-7-5-9-21(22)24(19)20/h4-9,17-18,22-23H,2-3,10-16H2,1H3. The van der Waals surface area contributed by atoms with Crippen molar-refractivity contribution < 1.29 is 9.47 Å². The highest BCUT2D eigenvalue weighted by molar-refractivity contribution is 5.91. The first-order chi connectivity index (χ1) is 13.3. The highest BCUT2D eigenvalue weighted by Crippen LogP contribution is 2.41. The van der Waals surface area contributed by atoms with E-state index in [1.807, 2.05) is 0 Å². The van der Waals surface area contributed by atoms with Crippen molar-refractivity contribution in [2.24, 2.45) is 5.92 Å². The molecule has 0 N–H and O–H groups in total. The van der Waals surface area contributed by atoms with E-state index in [1.165, 1.54) is 61.5 Å². The smallest absolute Gasteiger partial charge is 0.157 e. The predicted octanol–water partition coefficient (Wildman–Crippen LogP) is 5.08. The third-order valence-electron chi connectivity index (χ3n) is 6.98. The Morgan fingerprint density at radius 3 is 2.63 bits per heavy atom. The monoisotopic (exact) mass is 365 g/mol. The largest absolute Gasteiger partial charge is 0.353 e. The number of ether oxygens (including phenoxy) is 2. The lowest BCUT2D eigenvalue weighted by Gasteiger charge is -2.39. The number of hydrogen-bond acceptors (Lipinski definition) is 3. The van der Waals surface area contributed by atoms with Crippen molar-refractivity contribution in [3.8, 4) is 0 Å². The lowest BCUT2D eigenvalue weighted by molar-refractivity contribution is -0.197. The highest BCUT2D eigenvalue weighted by Gasteiger charge is 2.33. The van der Waals surface area contributed by atoms with E-state index in [0.717, 1.165) is 13.0 Å². The summed E-state index contributed by atoms with van der Waals surface area (Å²) in [6.45, 7) is 5.48. The van der Waals surface area contributed by atoms with Gasteiger partial charge < -0.3 is 9.47 Å². The molecule has 2 aliphatic heterocycles. The summed E-state index contributed by atoms with van der Waals surface area (Å²) in [5, 5.41) is 2.91. The van der Waals surface area contributed by atoms with Gasteiger partial charge >= 0.3 is 0 Å². The first-order valence-corrected chi connectivity index (χ1v) is 10.8. The average molecular weight is 366 g/mol. The average Bonchev–Trinajstić information content (AvgIpc) is 3.10. The Morgan fingerprint density at radius 2 is 1.85 bits per heavy atom. The van der Waals surface area contributed by atoms with Crippen LogP contribution in [0.5, 0.6) is 0 Å². The van der Waals surface area contributed by atoms with E-state index in [0.29, 0.717) is 18.1 Å². The number of hydrogen-bond donors (Lipinski definition) is 0. The summed E-state index contributed by atoms with van der Waals surface area (Å²) in [7, 11) is 0. The van der Waals surface area contributed by atoms with Gasteiger partial charge in [0, 0.05) is 12.6 Å². The normalized spacial score (nSPS) is 27.9. The molecule has 3 aliphatic rings. The van der Waals surface area contributed by atoms with E-state index >= 15 is 0 Å². The molecule has 2 aromatic rings. The molecule has 2 fully saturated rings. The molecule has 1 aliphatic carbocycles. The van der Waals surface area contributed by atoms with Crippen LogP contribution in [0.15, 0.2) is 36.4 Å². The van der Waals surface area contributed by atoms with Crippen LogP contribution in [0.25, 0.3) is 10.8 Å². The fraction of sp³-hybridized carbons (Fsp3) is 0.583. The molecule has 27 heavy (non-hydrogen) atoms. The lowest BCUT2D eigenvalue weighted by Crippen LogP contribution is -2.41. The molecular formula is C24H31NO2. The molecule has 0 radical (unpaired) electrons. The van der Waals surface area contributed by atoms with E-state index in [-0.39, 0.29) is 6.29 Å². The SMILES string of the molecule is CC(OC1CCCCO1)C1CCN(C2Cc3cccc4cccc2c34)CC1. The molecule has 3 unspecified atom stereocenters. The fourth-order valence-electron chi connectivity index (χ4n) is 5.41. The molecule has 0 spiro atoms. The molecule has 3 nitrogen and oxygen atoms in total. The molecule has 0 aromatic heterocycles. The summed E-state index contributed by atoms with van der Waals surface area (Å²) in [5.74, 6) is 0.659. The Morgan fingerprint density at radius 1 is 1.04 bits per heavy atom. The first-order valence-electron chi connectivity index (χ1n) is 10.8. The van der Waals surface area contributed by atoms with Gasteiger partial charge in [0.25, 0.3) is 0 Å². The van der Waals surface area contributed by atoms with E-state index in [9.17, 15) is 0 Å². The first kappa shape index (κ1) is 17.7. The van der Waals surface area contributed by atoms with Crippen LogP contribution in [-0.4, -0.2) is 37.0 Å². The van der Waals surface area contributed by atoms with Crippen LogP contribution in [0.1, 0.15) is 56.2 Å². The van der Waals surface area contributed by atoms with Gasteiger partial charge in [-0.1, -0.05) is 36.4 Å². The number of benzene rings is 2. The molecule has 2 aromatic carbocycles. The predicted molar refractivity (Wildman–Crippen MR) is 109 cm³/mol. The lowest BCUT2D eigenvalue weighted by atomic mass is 9.90. The molecule has 144 valence electrons. The number of nitrogens with zero attached hydrogens (tertiary/aromatic N) is 1. The summed E-state index contributed by atoms with van der Waals surface area (Å²) in [6.07, 6.45) is 7.46. The Kier molecular flexibility index (Phi) is 4.93. The second kappa shape index (κ2) is 7.54. The van der Waals surface area contributed by atoms with E-state index in [2.05, 4.69) is 48.2 Å². The number of rotatable bonds is 4. The van der Waals surface area contributed by atoms with Crippen molar-refractivity contribution in [2.75, 3.05) is 19.7 Å². The van der Waals surface area contributed by atoms with Gasteiger partial charge in [0.05, 0.1) is 6.10 Å². The quantitative estimate of drug-likeness (QED) is 0.754. The van der Waals surface area contributed by atoms with Gasteiger partial charge in [-0.3, -0.25) is 4.90 Å². The number of piperidine rings is 1. The third kappa shape index (κ3) is 3.41. The van der Waals surface area contributed by atoms with Crippen LogP contribution in [-0.2, 0) is 15.9 Å². The van der Waals surface area contributed by atoms with Gasteiger partial charge in [-0.05, 0) is 86.4 Å². The van der Waals surface area contributed by atoms with Gasteiger partial charge in [-0.25, -0.2) is 0 Å². The minimum Gasteiger partial charge on any atom is -0.353 e. The molecule has 0 saturated carbocycles. The Balaban J connectivity index is 1.22. The second-order valence-electron chi connectivity index (χ2n) is 8.59. The summed E-state index contributed by atoms with van der Waals surface area (Å²) < 4.78 is 12.0. The van der Waals surface area contributed by atoms with Gasteiger partial charge in [-0.2, -0.15) is 0 Å². The topological polar surface area (TPSA) is 21.7 Å². The van der Waals surface area contributed by atoms with Crippen LogP contribution in [0.2, 0.25) is 0 Å². The van der Waals surface area contributed by atoms with Gasteiger partial charge in [-0.15, -0.1) is 0 Å².